The van der Waals surface area contributed by atoms with Crippen molar-refractivity contribution >= 4 is 5.91 Å². The zero-order valence-corrected chi connectivity index (χ0v) is 14.2. The van der Waals surface area contributed by atoms with Gasteiger partial charge in [-0.05, 0) is 49.9 Å². The largest absolute Gasteiger partial charge is 0.388 e. The van der Waals surface area contributed by atoms with Crippen LogP contribution in [0.2, 0.25) is 0 Å². The topological polar surface area (TPSA) is 79.5 Å². The van der Waals surface area contributed by atoms with Gasteiger partial charge in [-0.15, -0.1) is 0 Å². The van der Waals surface area contributed by atoms with Gasteiger partial charge in [0.1, 0.15) is 5.82 Å². The van der Waals surface area contributed by atoms with Crippen molar-refractivity contribution < 1.29 is 18.8 Å². The Bertz CT molecular complexity index is 725. The average Bonchev–Trinajstić information content (AvgIpc) is 3.02. The van der Waals surface area contributed by atoms with E-state index < -0.39 is 5.60 Å². The quantitative estimate of drug-likeness (QED) is 0.833. The van der Waals surface area contributed by atoms with Crippen LogP contribution >= 0.6 is 0 Å². The molecule has 0 bridgehead atoms. The minimum atomic E-state index is -0.693. The molecule has 0 unspecified atom stereocenters. The summed E-state index contributed by atoms with van der Waals surface area (Å²) >= 11 is 0. The second-order valence-electron chi connectivity index (χ2n) is 6.70. The second-order valence-corrected chi connectivity index (χ2v) is 6.70. The van der Waals surface area contributed by atoms with Crippen molar-refractivity contribution in [1.29, 1.82) is 0 Å². The van der Waals surface area contributed by atoms with Crippen LogP contribution in [0.5, 0.6) is 0 Å². The molecule has 1 aromatic heterocycles. The van der Waals surface area contributed by atoms with Gasteiger partial charge in [0.2, 0.25) is 17.6 Å². The third-order valence-corrected chi connectivity index (χ3v) is 4.59. The number of benzene rings is 1. The van der Waals surface area contributed by atoms with E-state index in [1.54, 1.807) is 24.1 Å². The molecule has 25 heavy (non-hydrogen) atoms. The van der Waals surface area contributed by atoms with Crippen molar-refractivity contribution in [3.8, 4) is 11.4 Å². The van der Waals surface area contributed by atoms with Crippen molar-refractivity contribution in [2.45, 2.75) is 44.1 Å². The van der Waals surface area contributed by atoms with Crippen LogP contribution in [-0.2, 0) is 11.2 Å². The average molecular weight is 347 g/mol. The predicted molar refractivity (Wildman–Crippen MR) is 89.1 cm³/mol. The number of likely N-dealkylation sites (N-methyl/N-ethyl adjacent to an activating group) is 1. The number of aromatic nitrogens is 2. The van der Waals surface area contributed by atoms with Gasteiger partial charge in [-0.25, -0.2) is 4.39 Å². The van der Waals surface area contributed by atoms with E-state index >= 15 is 0 Å². The van der Waals surface area contributed by atoms with E-state index in [0.29, 0.717) is 43.1 Å². The first-order valence-electron chi connectivity index (χ1n) is 8.50. The molecule has 6 nitrogen and oxygen atoms in total. The van der Waals surface area contributed by atoms with Gasteiger partial charge in [0, 0.05) is 32.0 Å². The van der Waals surface area contributed by atoms with Crippen molar-refractivity contribution in [3.05, 3.63) is 36.0 Å². The number of rotatable bonds is 7. The van der Waals surface area contributed by atoms with E-state index in [1.807, 2.05) is 0 Å². The van der Waals surface area contributed by atoms with Gasteiger partial charge >= 0.3 is 0 Å². The van der Waals surface area contributed by atoms with Crippen LogP contribution in [0.3, 0.4) is 0 Å². The summed E-state index contributed by atoms with van der Waals surface area (Å²) in [6.07, 6.45) is 4.00. The van der Waals surface area contributed by atoms with Crippen molar-refractivity contribution in [3.63, 3.8) is 0 Å². The lowest BCUT2D eigenvalue weighted by atomic mass is 9.80. The zero-order chi connectivity index (χ0) is 17.9. The Morgan fingerprint density at radius 1 is 1.36 bits per heavy atom. The van der Waals surface area contributed by atoms with Gasteiger partial charge in [-0.1, -0.05) is 5.16 Å². The maximum atomic E-state index is 12.9. The number of hydrogen-bond donors (Lipinski definition) is 1. The smallest absolute Gasteiger partial charge is 0.226 e. The third-order valence-electron chi connectivity index (χ3n) is 4.59. The monoisotopic (exact) mass is 347 g/mol. The third kappa shape index (κ3) is 4.42. The van der Waals surface area contributed by atoms with Gasteiger partial charge < -0.3 is 14.5 Å². The molecule has 3 rings (SSSR count). The fraction of sp³-hybridized carbons (Fsp3) is 0.500. The summed E-state index contributed by atoms with van der Waals surface area (Å²) in [5, 5.41) is 14.0. The minimum Gasteiger partial charge on any atom is -0.388 e. The van der Waals surface area contributed by atoms with Crippen LogP contribution in [0.25, 0.3) is 11.4 Å². The molecule has 0 atom stereocenters. The fourth-order valence-electron chi connectivity index (χ4n) is 2.93. The number of halogens is 1. The fourth-order valence-corrected chi connectivity index (χ4v) is 2.93. The van der Waals surface area contributed by atoms with Crippen molar-refractivity contribution in [2.24, 2.45) is 0 Å². The van der Waals surface area contributed by atoms with Crippen LogP contribution in [0.15, 0.2) is 28.8 Å². The summed E-state index contributed by atoms with van der Waals surface area (Å²) in [4.78, 5) is 18.0. The SMILES string of the molecule is CN(CC1(O)CCC1)C(=O)CCCc1nc(-c2ccc(F)cc2)no1. The van der Waals surface area contributed by atoms with Gasteiger partial charge in [0.25, 0.3) is 0 Å². The Morgan fingerprint density at radius 2 is 2.08 bits per heavy atom. The number of hydrogen-bond acceptors (Lipinski definition) is 5. The molecule has 1 heterocycles. The van der Waals surface area contributed by atoms with Crippen LogP contribution in [-0.4, -0.2) is 45.2 Å². The number of aryl methyl sites for hydroxylation is 1. The number of aliphatic hydroxyl groups is 1. The summed E-state index contributed by atoms with van der Waals surface area (Å²) < 4.78 is 18.1. The van der Waals surface area contributed by atoms with Gasteiger partial charge in [0.05, 0.1) is 5.60 Å². The molecule has 0 radical (unpaired) electrons. The highest BCUT2D eigenvalue weighted by Gasteiger charge is 2.36. The molecule has 0 aliphatic heterocycles. The van der Waals surface area contributed by atoms with E-state index in [9.17, 15) is 14.3 Å². The Balaban J connectivity index is 1.46. The Morgan fingerprint density at radius 3 is 2.72 bits per heavy atom. The number of amides is 1. The first-order chi connectivity index (χ1) is 12.0. The first-order valence-corrected chi connectivity index (χ1v) is 8.50. The van der Waals surface area contributed by atoms with Gasteiger partial charge in [-0.2, -0.15) is 4.98 Å². The molecule has 1 aliphatic rings. The number of carbonyl (C=O) groups excluding carboxylic acids is 1. The van der Waals surface area contributed by atoms with Crippen LogP contribution in [0, 0.1) is 5.82 Å². The number of nitrogens with zero attached hydrogens (tertiary/aromatic N) is 3. The summed E-state index contributed by atoms with van der Waals surface area (Å²) in [6, 6.07) is 5.87. The lowest BCUT2D eigenvalue weighted by Crippen LogP contribution is -2.48. The molecular weight excluding hydrogens is 325 g/mol. The van der Waals surface area contributed by atoms with E-state index in [4.69, 9.17) is 4.52 Å². The lowest BCUT2D eigenvalue weighted by Gasteiger charge is -2.39. The molecule has 1 saturated carbocycles. The van der Waals surface area contributed by atoms with E-state index in [0.717, 1.165) is 19.3 Å². The molecule has 1 aromatic carbocycles. The number of carbonyl (C=O) groups is 1. The van der Waals surface area contributed by atoms with Crippen molar-refractivity contribution in [2.75, 3.05) is 13.6 Å². The second kappa shape index (κ2) is 7.31. The summed E-state index contributed by atoms with van der Waals surface area (Å²) in [5.74, 6) is 0.540. The molecule has 1 fully saturated rings. The Kier molecular flexibility index (Phi) is 5.13. The molecule has 2 aromatic rings. The van der Waals surface area contributed by atoms with Gasteiger partial charge in [0.15, 0.2) is 0 Å². The van der Waals surface area contributed by atoms with Crippen LogP contribution < -0.4 is 0 Å². The van der Waals surface area contributed by atoms with Crippen molar-refractivity contribution in [1.82, 2.24) is 15.0 Å². The summed E-state index contributed by atoms with van der Waals surface area (Å²) in [5.41, 5.74) is -0.0121. The molecule has 134 valence electrons. The van der Waals surface area contributed by atoms with E-state index in [-0.39, 0.29) is 11.7 Å². The molecule has 1 aliphatic carbocycles. The van der Waals surface area contributed by atoms with E-state index in [1.165, 1.54) is 12.1 Å². The maximum absolute atomic E-state index is 12.9. The lowest BCUT2D eigenvalue weighted by molar-refractivity contribution is -0.136. The van der Waals surface area contributed by atoms with Crippen LogP contribution in [0.4, 0.5) is 4.39 Å². The minimum absolute atomic E-state index is 0.00130. The molecule has 1 N–H and O–H groups in total. The first kappa shape index (κ1) is 17.5. The van der Waals surface area contributed by atoms with Gasteiger partial charge in [-0.3, -0.25) is 4.79 Å². The summed E-state index contributed by atoms with van der Waals surface area (Å²) in [7, 11) is 1.72. The molecule has 0 saturated heterocycles. The highest BCUT2D eigenvalue weighted by atomic mass is 19.1. The highest BCUT2D eigenvalue weighted by molar-refractivity contribution is 5.75. The predicted octanol–water partition coefficient (Wildman–Crippen LogP) is 2.57. The highest BCUT2D eigenvalue weighted by Crippen LogP contribution is 2.32. The Hall–Kier alpha value is -2.28. The Labute approximate surface area is 145 Å². The maximum Gasteiger partial charge on any atom is 0.226 e. The molecule has 1 amide bonds. The van der Waals surface area contributed by atoms with E-state index in [2.05, 4.69) is 10.1 Å². The van der Waals surface area contributed by atoms with Crippen LogP contribution in [0.1, 0.15) is 38.0 Å². The normalized spacial score (nSPS) is 15.6. The summed E-state index contributed by atoms with van der Waals surface area (Å²) in [6.45, 7) is 0.390. The zero-order valence-electron chi connectivity index (χ0n) is 14.2. The molecular formula is C18H22FN3O3. The standard InChI is InChI=1S/C18H22FN3O3/c1-22(12-18(24)10-3-11-18)16(23)5-2-4-15-20-17(21-25-15)13-6-8-14(19)9-7-13/h6-9,24H,2-5,10-12H2,1H3. The molecule has 7 heteroatoms. The molecule has 0 spiro atoms.